The first-order valence-corrected chi connectivity index (χ1v) is 9.59. The molecule has 0 aliphatic carbocycles. The molecule has 0 radical (unpaired) electrons. The van der Waals surface area contributed by atoms with Crippen LogP contribution in [-0.4, -0.2) is 49.8 Å². The van der Waals surface area contributed by atoms with Gasteiger partial charge in [0.1, 0.15) is 5.60 Å². The molecule has 0 saturated carbocycles. The number of alkyl carbamates (subject to hydrolysis) is 1. The summed E-state index contributed by atoms with van der Waals surface area (Å²) >= 11 is 0. The molecule has 7 heteroatoms. The van der Waals surface area contributed by atoms with Crippen LogP contribution in [0.5, 0.6) is 5.88 Å². The van der Waals surface area contributed by atoms with Crippen LogP contribution in [0, 0.1) is 0 Å². The number of aromatic nitrogens is 1. The lowest BCUT2D eigenvalue weighted by molar-refractivity contribution is -0.161. The van der Waals surface area contributed by atoms with E-state index in [1.54, 1.807) is 13.3 Å². The molecule has 0 aromatic carbocycles. The third-order valence-electron chi connectivity index (χ3n) is 4.14. The molecule has 1 N–H and O–H groups in total. The first-order chi connectivity index (χ1) is 12.9. The number of amides is 1. The van der Waals surface area contributed by atoms with Crippen LogP contribution in [0.4, 0.5) is 4.79 Å². The molecule has 27 heavy (non-hydrogen) atoms. The largest absolute Gasteiger partial charge is 0.481 e. The van der Waals surface area contributed by atoms with E-state index in [1.807, 2.05) is 26.8 Å². The fourth-order valence-electron chi connectivity index (χ4n) is 2.83. The van der Waals surface area contributed by atoms with E-state index >= 15 is 0 Å². The van der Waals surface area contributed by atoms with Crippen molar-refractivity contribution in [1.29, 1.82) is 0 Å². The number of nitrogens with one attached hydrogen (secondary N) is 1. The maximum absolute atomic E-state index is 11.8. The molecule has 1 aliphatic rings. The van der Waals surface area contributed by atoms with E-state index in [0.29, 0.717) is 25.5 Å². The number of rotatable bonds is 8. The Bertz CT molecular complexity index is 595. The smallest absolute Gasteiger partial charge is 0.407 e. The SMILES string of the molecule is COc1cc(CCO[C@@H]2CCCCO2)c(CCNC(=O)OC(C)(C)C)cn1. The van der Waals surface area contributed by atoms with Crippen LogP contribution < -0.4 is 10.1 Å². The normalized spacial score (nSPS) is 17.4. The Balaban J connectivity index is 1.86. The van der Waals surface area contributed by atoms with Crippen LogP contribution in [0.3, 0.4) is 0 Å². The van der Waals surface area contributed by atoms with Gasteiger partial charge in [-0.2, -0.15) is 0 Å². The molecule has 1 atom stereocenters. The van der Waals surface area contributed by atoms with Crippen molar-refractivity contribution in [2.45, 2.75) is 64.8 Å². The topological polar surface area (TPSA) is 78.9 Å². The number of methoxy groups -OCH3 is 1. The molecule has 0 unspecified atom stereocenters. The molecule has 0 bridgehead atoms. The molecule has 1 aliphatic heterocycles. The molecule has 1 aromatic rings. The third kappa shape index (κ3) is 8.13. The minimum Gasteiger partial charge on any atom is -0.481 e. The van der Waals surface area contributed by atoms with E-state index in [0.717, 1.165) is 43.4 Å². The zero-order valence-corrected chi connectivity index (χ0v) is 16.9. The Hall–Kier alpha value is -1.86. The van der Waals surface area contributed by atoms with Gasteiger partial charge in [0.2, 0.25) is 5.88 Å². The van der Waals surface area contributed by atoms with Gasteiger partial charge in [-0.25, -0.2) is 9.78 Å². The van der Waals surface area contributed by atoms with E-state index < -0.39 is 11.7 Å². The van der Waals surface area contributed by atoms with Crippen molar-refractivity contribution >= 4 is 6.09 Å². The van der Waals surface area contributed by atoms with Crippen molar-refractivity contribution in [3.05, 3.63) is 23.4 Å². The fourth-order valence-corrected chi connectivity index (χ4v) is 2.83. The van der Waals surface area contributed by atoms with Crippen LogP contribution in [0.25, 0.3) is 0 Å². The lowest BCUT2D eigenvalue weighted by atomic mass is 10.0. The van der Waals surface area contributed by atoms with E-state index in [-0.39, 0.29) is 6.29 Å². The van der Waals surface area contributed by atoms with Crippen LogP contribution in [-0.2, 0) is 27.1 Å². The van der Waals surface area contributed by atoms with Gasteiger partial charge >= 0.3 is 6.09 Å². The fraction of sp³-hybridized carbons (Fsp3) is 0.700. The van der Waals surface area contributed by atoms with Crippen LogP contribution in [0.1, 0.15) is 51.2 Å². The second-order valence-electron chi connectivity index (χ2n) is 7.59. The van der Waals surface area contributed by atoms with Crippen molar-refractivity contribution in [3.63, 3.8) is 0 Å². The molecule has 0 spiro atoms. The van der Waals surface area contributed by atoms with E-state index in [9.17, 15) is 4.79 Å². The summed E-state index contributed by atoms with van der Waals surface area (Å²) in [6.45, 7) is 7.35. The number of pyridine rings is 1. The Labute approximate surface area is 161 Å². The van der Waals surface area contributed by atoms with Crippen molar-refractivity contribution < 1.29 is 23.7 Å². The summed E-state index contributed by atoms with van der Waals surface area (Å²) in [5.74, 6) is 0.572. The van der Waals surface area contributed by atoms with Crippen LogP contribution >= 0.6 is 0 Å². The molecule has 1 fully saturated rings. The van der Waals surface area contributed by atoms with Gasteiger partial charge in [0, 0.05) is 25.4 Å². The number of carbonyl (C=O) groups excluding carboxylic acids is 1. The molecule has 7 nitrogen and oxygen atoms in total. The summed E-state index contributed by atoms with van der Waals surface area (Å²) in [5.41, 5.74) is 1.65. The summed E-state index contributed by atoms with van der Waals surface area (Å²) in [4.78, 5) is 16.1. The molecular weight excluding hydrogens is 348 g/mol. The number of ether oxygens (including phenoxy) is 4. The predicted octanol–water partition coefficient (Wildman–Crippen LogP) is 3.24. The zero-order chi connectivity index (χ0) is 19.7. The average Bonchev–Trinajstić information content (AvgIpc) is 2.62. The van der Waals surface area contributed by atoms with Gasteiger partial charge in [-0.1, -0.05) is 0 Å². The standard InChI is InChI=1S/C20H32N2O5/c1-20(2,3)27-19(23)21-10-8-16-14-22-17(24-4)13-15(16)9-12-26-18-7-5-6-11-25-18/h13-14,18H,5-12H2,1-4H3,(H,21,23)/t18-/m1/s1. The van der Waals surface area contributed by atoms with Gasteiger partial charge in [0.15, 0.2) is 6.29 Å². The lowest BCUT2D eigenvalue weighted by Gasteiger charge is -2.23. The highest BCUT2D eigenvalue weighted by molar-refractivity contribution is 5.67. The summed E-state index contributed by atoms with van der Waals surface area (Å²) in [5, 5.41) is 2.78. The Morgan fingerprint density at radius 1 is 1.30 bits per heavy atom. The maximum atomic E-state index is 11.8. The van der Waals surface area contributed by atoms with E-state index in [1.165, 1.54) is 0 Å². The highest BCUT2D eigenvalue weighted by atomic mass is 16.7. The second-order valence-corrected chi connectivity index (χ2v) is 7.59. The molecule has 2 rings (SSSR count). The minimum atomic E-state index is -0.505. The quantitative estimate of drug-likeness (QED) is 0.746. The summed E-state index contributed by atoms with van der Waals surface area (Å²) in [6, 6.07) is 1.92. The Morgan fingerprint density at radius 3 is 2.78 bits per heavy atom. The van der Waals surface area contributed by atoms with E-state index in [4.69, 9.17) is 18.9 Å². The molecule has 152 valence electrons. The Kier molecular flexibility index (Phi) is 8.31. The molecule has 2 heterocycles. The summed E-state index contributed by atoms with van der Waals surface area (Å²) in [6.07, 6.45) is 5.88. The van der Waals surface area contributed by atoms with Gasteiger partial charge in [0.05, 0.1) is 13.7 Å². The van der Waals surface area contributed by atoms with Crippen LogP contribution in [0.2, 0.25) is 0 Å². The lowest BCUT2D eigenvalue weighted by Crippen LogP contribution is -2.33. The maximum Gasteiger partial charge on any atom is 0.407 e. The predicted molar refractivity (Wildman–Crippen MR) is 102 cm³/mol. The molecule has 1 amide bonds. The van der Waals surface area contributed by atoms with Crippen LogP contribution in [0.15, 0.2) is 12.3 Å². The van der Waals surface area contributed by atoms with Crippen molar-refractivity contribution in [2.75, 3.05) is 26.9 Å². The highest BCUT2D eigenvalue weighted by Crippen LogP contribution is 2.18. The monoisotopic (exact) mass is 380 g/mol. The first-order valence-electron chi connectivity index (χ1n) is 9.59. The summed E-state index contributed by atoms with van der Waals surface area (Å²) in [7, 11) is 1.60. The molecular formula is C20H32N2O5. The summed E-state index contributed by atoms with van der Waals surface area (Å²) < 4.78 is 21.9. The zero-order valence-electron chi connectivity index (χ0n) is 16.9. The highest BCUT2D eigenvalue weighted by Gasteiger charge is 2.16. The molecule has 1 aromatic heterocycles. The average molecular weight is 380 g/mol. The van der Waals surface area contributed by atoms with Crippen molar-refractivity contribution in [1.82, 2.24) is 10.3 Å². The minimum absolute atomic E-state index is 0.0974. The first kappa shape index (κ1) is 21.4. The van der Waals surface area contributed by atoms with Gasteiger partial charge in [-0.3, -0.25) is 0 Å². The van der Waals surface area contributed by atoms with Crippen molar-refractivity contribution in [2.24, 2.45) is 0 Å². The molecule has 1 saturated heterocycles. The van der Waals surface area contributed by atoms with Gasteiger partial charge < -0.3 is 24.3 Å². The Morgan fingerprint density at radius 2 is 2.11 bits per heavy atom. The number of nitrogens with zero attached hydrogens (tertiary/aromatic N) is 1. The van der Waals surface area contributed by atoms with Crippen molar-refractivity contribution in [3.8, 4) is 5.88 Å². The number of hydrogen-bond donors (Lipinski definition) is 1. The second kappa shape index (κ2) is 10.5. The van der Waals surface area contributed by atoms with Gasteiger partial charge in [0.25, 0.3) is 0 Å². The third-order valence-corrected chi connectivity index (χ3v) is 4.14. The number of carbonyl (C=O) groups is 1. The van der Waals surface area contributed by atoms with Gasteiger partial charge in [-0.15, -0.1) is 0 Å². The van der Waals surface area contributed by atoms with Gasteiger partial charge in [-0.05, 0) is 64.0 Å². The van der Waals surface area contributed by atoms with E-state index in [2.05, 4.69) is 10.3 Å². The number of hydrogen-bond acceptors (Lipinski definition) is 6.